The van der Waals surface area contributed by atoms with Gasteiger partial charge in [0.05, 0.1) is 12.5 Å². The molecule has 0 spiro atoms. The number of halogens is 2. The molecule has 2 heterocycles. The van der Waals surface area contributed by atoms with Crippen molar-refractivity contribution in [3.63, 3.8) is 0 Å². The van der Waals surface area contributed by atoms with E-state index in [9.17, 15) is 23.2 Å². The van der Waals surface area contributed by atoms with E-state index in [0.717, 1.165) is 6.07 Å². The van der Waals surface area contributed by atoms with Crippen LogP contribution in [0.4, 0.5) is 8.78 Å². The molecule has 2 saturated heterocycles. The number of amides is 3. The topological polar surface area (TPSA) is 81.8 Å². The van der Waals surface area contributed by atoms with E-state index in [1.165, 1.54) is 12.1 Å². The zero-order valence-corrected chi connectivity index (χ0v) is 14.8. The lowest BCUT2D eigenvalue weighted by atomic mass is 10.1. The van der Waals surface area contributed by atoms with Crippen molar-refractivity contribution in [2.75, 3.05) is 32.7 Å². The number of carbonyl (C=O) groups excluding carboxylic acids is 3. The summed E-state index contributed by atoms with van der Waals surface area (Å²) < 4.78 is 27.5. The summed E-state index contributed by atoms with van der Waals surface area (Å²) >= 11 is 0. The normalized spacial score (nSPS) is 21.4. The molecule has 9 heteroatoms. The lowest BCUT2D eigenvalue weighted by molar-refractivity contribution is -0.139. The lowest BCUT2D eigenvalue weighted by Gasteiger charge is -2.35. The fraction of sp³-hybridized carbons (Fsp3) is 0.500. The second-order valence-electron chi connectivity index (χ2n) is 6.68. The van der Waals surface area contributed by atoms with Crippen LogP contribution in [0.15, 0.2) is 18.2 Å². The van der Waals surface area contributed by atoms with Gasteiger partial charge in [-0.15, -0.1) is 0 Å². The summed E-state index contributed by atoms with van der Waals surface area (Å²) in [5.74, 6) is -2.54. The van der Waals surface area contributed by atoms with Crippen molar-refractivity contribution < 1.29 is 23.2 Å². The summed E-state index contributed by atoms with van der Waals surface area (Å²) in [5, 5.41) is 5.41. The highest BCUT2D eigenvalue weighted by molar-refractivity contribution is 5.89. The van der Waals surface area contributed by atoms with Crippen LogP contribution in [0.1, 0.15) is 18.4 Å². The van der Waals surface area contributed by atoms with Crippen molar-refractivity contribution in [1.82, 2.24) is 20.4 Å². The molecule has 1 unspecified atom stereocenters. The van der Waals surface area contributed by atoms with E-state index in [-0.39, 0.29) is 42.7 Å². The fourth-order valence-electron chi connectivity index (χ4n) is 3.37. The molecule has 146 valence electrons. The van der Waals surface area contributed by atoms with Crippen LogP contribution < -0.4 is 10.6 Å². The number of hydrogen-bond donors (Lipinski definition) is 2. The van der Waals surface area contributed by atoms with Crippen molar-refractivity contribution in [2.45, 2.75) is 25.4 Å². The number of nitrogens with one attached hydrogen (secondary N) is 2. The van der Waals surface area contributed by atoms with Gasteiger partial charge in [0.15, 0.2) is 11.6 Å². The molecule has 1 aromatic rings. The van der Waals surface area contributed by atoms with Crippen LogP contribution in [0, 0.1) is 11.6 Å². The Bertz CT molecular complexity index is 743. The summed E-state index contributed by atoms with van der Waals surface area (Å²) in [6.07, 6.45) is 0.151. The van der Waals surface area contributed by atoms with Crippen LogP contribution >= 0.6 is 0 Å². The average molecular weight is 380 g/mol. The molecule has 0 aromatic heterocycles. The first-order valence-corrected chi connectivity index (χ1v) is 8.95. The molecule has 2 aliphatic heterocycles. The van der Waals surface area contributed by atoms with Gasteiger partial charge in [0.25, 0.3) is 0 Å². The van der Waals surface area contributed by atoms with Gasteiger partial charge in [-0.3, -0.25) is 19.3 Å². The summed E-state index contributed by atoms with van der Waals surface area (Å²) in [4.78, 5) is 39.6. The van der Waals surface area contributed by atoms with Crippen molar-refractivity contribution in [2.24, 2.45) is 0 Å². The molecule has 0 saturated carbocycles. The predicted molar refractivity (Wildman–Crippen MR) is 92.4 cm³/mol. The van der Waals surface area contributed by atoms with Crippen LogP contribution in [0.5, 0.6) is 0 Å². The van der Waals surface area contributed by atoms with Crippen LogP contribution in [-0.2, 0) is 20.9 Å². The van der Waals surface area contributed by atoms with E-state index in [4.69, 9.17) is 0 Å². The maximum Gasteiger partial charge on any atom is 0.237 e. The summed E-state index contributed by atoms with van der Waals surface area (Å²) in [6.45, 7) is 1.91. The van der Waals surface area contributed by atoms with Gasteiger partial charge < -0.3 is 15.5 Å². The molecular weight excluding hydrogens is 358 g/mol. The predicted octanol–water partition coefficient (Wildman–Crippen LogP) is 0.00380. The van der Waals surface area contributed by atoms with E-state index in [1.54, 1.807) is 9.80 Å². The molecule has 2 fully saturated rings. The minimum Gasteiger partial charge on any atom is -0.354 e. The number of benzene rings is 1. The Hall–Kier alpha value is -2.55. The summed E-state index contributed by atoms with van der Waals surface area (Å²) in [6, 6.07) is 3.16. The summed E-state index contributed by atoms with van der Waals surface area (Å²) in [5.41, 5.74) is 0.145. The third kappa shape index (κ3) is 4.60. The van der Waals surface area contributed by atoms with E-state index in [2.05, 4.69) is 10.6 Å². The zero-order chi connectivity index (χ0) is 19.4. The SMILES string of the molecule is O=C1CCN(C(=O)CC2C(=O)NCCN2Cc2cccc(F)c2F)CCN1. The molecule has 0 radical (unpaired) electrons. The van der Waals surface area contributed by atoms with Crippen molar-refractivity contribution >= 4 is 17.7 Å². The van der Waals surface area contributed by atoms with E-state index in [0.29, 0.717) is 32.7 Å². The Morgan fingerprint density at radius 1 is 1.11 bits per heavy atom. The first kappa shape index (κ1) is 19.2. The molecule has 0 aliphatic carbocycles. The van der Waals surface area contributed by atoms with E-state index >= 15 is 0 Å². The minimum absolute atomic E-state index is 0.0367. The molecule has 2 aliphatic rings. The van der Waals surface area contributed by atoms with Crippen LogP contribution in [0.2, 0.25) is 0 Å². The molecule has 1 atom stereocenters. The quantitative estimate of drug-likeness (QED) is 0.771. The van der Waals surface area contributed by atoms with Gasteiger partial charge in [-0.2, -0.15) is 0 Å². The van der Waals surface area contributed by atoms with Gasteiger partial charge >= 0.3 is 0 Å². The monoisotopic (exact) mass is 380 g/mol. The summed E-state index contributed by atoms with van der Waals surface area (Å²) in [7, 11) is 0. The number of carbonyl (C=O) groups is 3. The maximum atomic E-state index is 14.0. The highest BCUT2D eigenvalue weighted by atomic mass is 19.2. The van der Waals surface area contributed by atoms with Gasteiger partial charge in [0.2, 0.25) is 17.7 Å². The number of hydrogen-bond acceptors (Lipinski definition) is 4. The van der Waals surface area contributed by atoms with E-state index in [1.807, 2.05) is 0 Å². The molecule has 0 bridgehead atoms. The maximum absolute atomic E-state index is 14.0. The third-order valence-corrected chi connectivity index (χ3v) is 4.88. The zero-order valence-electron chi connectivity index (χ0n) is 14.8. The lowest BCUT2D eigenvalue weighted by Crippen LogP contribution is -2.56. The first-order chi connectivity index (χ1) is 13.0. The molecule has 3 amide bonds. The van der Waals surface area contributed by atoms with Crippen LogP contribution in [-0.4, -0.2) is 66.3 Å². The number of nitrogens with zero attached hydrogens (tertiary/aromatic N) is 2. The van der Waals surface area contributed by atoms with Gasteiger partial charge in [0, 0.05) is 51.3 Å². The average Bonchev–Trinajstić information content (AvgIpc) is 2.86. The Morgan fingerprint density at radius 2 is 1.89 bits per heavy atom. The standard InChI is InChI=1S/C18H22F2N4O3/c19-13-3-1-2-12(17(13)20)11-24-9-6-22-18(27)14(24)10-16(26)23-7-4-15(25)21-5-8-23/h1-3,14H,4-11H2,(H,21,25)(H,22,27). The second kappa shape index (κ2) is 8.43. The fourth-order valence-corrected chi connectivity index (χ4v) is 3.37. The van der Waals surface area contributed by atoms with Crippen LogP contribution in [0.3, 0.4) is 0 Å². The van der Waals surface area contributed by atoms with Gasteiger partial charge in [-0.05, 0) is 6.07 Å². The Balaban J connectivity index is 1.70. The van der Waals surface area contributed by atoms with Crippen molar-refractivity contribution in [3.8, 4) is 0 Å². The number of piperazine rings is 1. The molecule has 7 nitrogen and oxygen atoms in total. The van der Waals surface area contributed by atoms with Gasteiger partial charge in [-0.25, -0.2) is 8.78 Å². The Morgan fingerprint density at radius 3 is 2.70 bits per heavy atom. The first-order valence-electron chi connectivity index (χ1n) is 8.95. The second-order valence-corrected chi connectivity index (χ2v) is 6.68. The minimum atomic E-state index is -0.941. The Kier molecular flexibility index (Phi) is 6.00. The van der Waals surface area contributed by atoms with Crippen molar-refractivity contribution in [3.05, 3.63) is 35.4 Å². The molecule has 27 heavy (non-hydrogen) atoms. The van der Waals surface area contributed by atoms with Crippen LogP contribution in [0.25, 0.3) is 0 Å². The third-order valence-electron chi connectivity index (χ3n) is 4.88. The molecular formula is C18H22F2N4O3. The highest BCUT2D eigenvalue weighted by Gasteiger charge is 2.33. The van der Waals surface area contributed by atoms with Gasteiger partial charge in [-0.1, -0.05) is 12.1 Å². The van der Waals surface area contributed by atoms with Gasteiger partial charge in [0.1, 0.15) is 0 Å². The molecule has 3 rings (SSSR count). The Labute approximate surface area is 155 Å². The largest absolute Gasteiger partial charge is 0.354 e. The highest BCUT2D eigenvalue weighted by Crippen LogP contribution is 2.18. The van der Waals surface area contributed by atoms with E-state index < -0.39 is 17.7 Å². The molecule has 2 N–H and O–H groups in total. The smallest absolute Gasteiger partial charge is 0.237 e. The molecule has 1 aromatic carbocycles. The number of rotatable bonds is 4. The van der Waals surface area contributed by atoms with Crippen molar-refractivity contribution in [1.29, 1.82) is 0 Å².